The highest BCUT2D eigenvalue weighted by Crippen LogP contribution is 2.26. The molecule has 0 fully saturated rings. The molecule has 3 heterocycles. The van der Waals surface area contributed by atoms with E-state index in [-0.39, 0.29) is 11.2 Å². The van der Waals surface area contributed by atoms with Crippen molar-refractivity contribution in [1.82, 2.24) is 23.1 Å². The largest absolute Gasteiger partial charge is 0.332 e. The van der Waals surface area contributed by atoms with Crippen LogP contribution in [-0.4, -0.2) is 23.1 Å². The van der Waals surface area contributed by atoms with E-state index in [9.17, 15) is 9.59 Å². The molecule has 0 radical (unpaired) electrons. The number of imidazole rings is 2. The van der Waals surface area contributed by atoms with Crippen LogP contribution in [0.3, 0.4) is 0 Å². The molecule has 0 saturated carbocycles. The third-order valence-electron chi connectivity index (χ3n) is 5.85. The average molecular weight is 393 g/mol. The SMILES string of the molecule is CCCCn1c(=O)c2c(nc3n(-c4ccc(C)cc4C)c(C)c(C)n23)n(C)c1=O. The molecule has 7 heteroatoms. The minimum Gasteiger partial charge on any atom is -0.282 e. The summed E-state index contributed by atoms with van der Waals surface area (Å²) in [6, 6.07) is 6.29. The van der Waals surface area contributed by atoms with Gasteiger partial charge in [-0.15, -0.1) is 0 Å². The van der Waals surface area contributed by atoms with E-state index >= 15 is 0 Å². The Kier molecular flexibility index (Phi) is 4.48. The van der Waals surface area contributed by atoms with E-state index in [1.807, 2.05) is 25.2 Å². The van der Waals surface area contributed by atoms with Crippen LogP contribution in [-0.2, 0) is 13.6 Å². The van der Waals surface area contributed by atoms with E-state index in [1.54, 1.807) is 7.05 Å². The number of nitrogens with zero attached hydrogens (tertiary/aromatic N) is 5. The summed E-state index contributed by atoms with van der Waals surface area (Å²) in [5.74, 6) is 0.655. The second-order valence-electron chi connectivity index (χ2n) is 7.87. The first-order chi connectivity index (χ1) is 13.8. The van der Waals surface area contributed by atoms with Crippen molar-refractivity contribution in [3.63, 3.8) is 0 Å². The minimum absolute atomic E-state index is 0.273. The molecule has 0 amide bonds. The van der Waals surface area contributed by atoms with Gasteiger partial charge in [0.15, 0.2) is 11.2 Å². The molecule has 29 heavy (non-hydrogen) atoms. The van der Waals surface area contributed by atoms with Gasteiger partial charge in [0.25, 0.3) is 5.56 Å². The van der Waals surface area contributed by atoms with Gasteiger partial charge in [0.2, 0.25) is 5.78 Å². The first-order valence-corrected chi connectivity index (χ1v) is 10.1. The summed E-state index contributed by atoms with van der Waals surface area (Å²) in [5.41, 5.74) is 5.61. The van der Waals surface area contributed by atoms with Gasteiger partial charge in [-0.2, -0.15) is 4.98 Å². The number of unbranched alkanes of at least 4 members (excludes halogenated alkanes) is 1. The minimum atomic E-state index is -0.316. The third-order valence-corrected chi connectivity index (χ3v) is 5.85. The van der Waals surface area contributed by atoms with Crippen molar-refractivity contribution in [2.45, 2.75) is 54.0 Å². The molecule has 1 aromatic carbocycles. The standard InChI is InChI=1S/C22H27N5O2/c1-7-8-11-25-20(28)18-19(24(6)22(25)29)23-21-26(15(4)16(5)27(18)21)17-10-9-13(2)12-14(17)3/h9-10,12H,7-8,11H2,1-6H3. The van der Waals surface area contributed by atoms with Crippen LogP contribution in [0.5, 0.6) is 0 Å². The van der Waals surface area contributed by atoms with Crippen molar-refractivity contribution in [3.8, 4) is 5.69 Å². The maximum absolute atomic E-state index is 13.3. The molecular weight excluding hydrogens is 366 g/mol. The van der Waals surface area contributed by atoms with Crippen molar-refractivity contribution in [1.29, 1.82) is 0 Å². The van der Waals surface area contributed by atoms with Gasteiger partial charge in [-0.1, -0.05) is 31.0 Å². The van der Waals surface area contributed by atoms with Crippen LogP contribution in [0.25, 0.3) is 22.6 Å². The third kappa shape index (κ3) is 2.68. The van der Waals surface area contributed by atoms with Gasteiger partial charge in [-0.05, 0) is 45.7 Å². The first kappa shape index (κ1) is 19.2. The fourth-order valence-corrected chi connectivity index (χ4v) is 4.11. The zero-order chi connectivity index (χ0) is 21.0. The van der Waals surface area contributed by atoms with E-state index < -0.39 is 0 Å². The van der Waals surface area contributed by atoms with E-state index in [4.69, 9.17) is 4.98 Å². The summed E-state index contributed by atoms with van der Waals surface area (Å²) in [5, 5.41) is 0. The molecule has 0 aliphatic heterocycles. The quantitative estimate of drug-likeness (QED) is 0.535. The summed E-state index contributed by atoms with van der Waals surface area (Å²) < 4.78 is 6.79. The number of fused-ring (bicyclic) bond motifs is 3. The molecule has 0 atom stereocenters. The van der Waals surface area contributed by atoms with Crippen LogP contribution >= 0.6 is 0 Å². The number of hydrogen-bond donors (Lipinski definition) is 0. The van der Waals surface area contributed by atoms with Crippen LogP contribution in [0.4, 0.5) is 0 Å². The summed E-state index contributed by atoms with van der Waals surface area (Å²) in [6.07, 6.45) is 1.70. The highest BCUT2D eigenvalue weighted by atomic mass is 16.2. The van der Waals surface area contributed by atoms with Crippen molar-refractivity contribution >= 4 is 16.9 Å². The molecule has 0 aliphatic carbocycles. The first-order valence-electron chi connectivity index (χ1n) is 10.1. The molecule has 0 N–H and O–H groups in total. The van der Waals surface area contributed by atoms with E-state index in [1.165, 1.54) is 14.7 Å². The van der Waals surface area contributed by atoms with Gasteiger partial charge in [-0.25, -0.2) is 4.79 Å². The van der Waals surface area contributed by atoms with Crippen LogP contribution in [0.2, 0.25) is 0 Å². The predicted molar refractivity (Wildman–Crippen MR) is 115 cm³/mol. The highest BCUT2D eigenvalue weighted by Gasteiger charge is 2.23. The van der Waals surface area contributed by atoms with Crippen molar-refractivity contribution < 1.29 is 0 Å². The molecule has 0 aliphatic rings. The highest BCUT2D eigenvalue weighted by molar-refractivity contribution is 5.77. The number of benzene rings is 1. The fraction of sp³-hybridized carbons (Fsp3) is 0.409. The summed E-state index contributed by atoms with van der Waals surface area (Å²) >= 11 is 0. The Balaban J connectivity index is 2.15. The Bertz CT molecular complexity index is 1380. The number of rotatable bonds is 4. The Morgan fingerprint density at radius 1 is 1.03 bits per heavy atom. The predicted octanol–water partition coefficient (Wildman–Crippen LogP) is 3.17. The normalized spacial score (nSPS) is 11.8. The van der Waals surface area contributed by atoms with Gasteiger partial charge in [-0.3, -0.25) is 22.9 Å². The van der Waals surface area contributed by atoms with E-state index in [0.717, 1.165) is 35.5 Å². The van der Waals surface area contributed by atoms with Crippen molar-refractivity contribution in [3.05, 3.63) is 61.6 Å². The summed E-state index contributed by atoms with van der Waals surface area (Å²) in [7, 11) is 1.68. The van der Waals surface area contributed by atoms with Gasteiger partial charge in [0.05, 0.1) is 5.69 Å². The summed E-state index contributed by atoms with van der Waals surface area (Å²) in [6.45, 7) is 10.6. The molecule has 152 valence electrons. The molecule has 4 aromatic rings. The molecule has 3 aromatic heterocycles. The van der Waals surface area contributed by atoms with Crippen LogP contribution in [0, 0.1) is 27.7 Å². The maximum Gasteiger partial charge on any atom is 0.332 e. The van der Waals surface area contributed by atoms with Gasteiger partial charge in [0, 0.05) is 25.0 Å². The number of aromatic nitrogens is 5. The molecule has 0 bridgehead atoms. The smallest absolute Gasteiger partial charge is 0.282 e. The topological polar surface area (TPSA) is 66.2 Å². The average Bonchev–Trinajstić information content (AvgIpc) is 3.17. The van der Waals surface area contributed by atoms with Crippen LogP contribution in [0.1, 0.15) is 42.3 Å². The second kappa shape index (κ2) is 6.76. The lowest BCUT2D eigenvalue weighted by molar-refractivity contribution is 0.566. The van der Waals surface area contributed by atoms with Gasteiger partial charge < -0.3 is 0 Å². The van der Waals surface area contributed by atoms with E-state index in [0.29, 0.717) is 23.5 Å². The van der Waals surface area contributed by atoms with Crippen LogP contribution in [0.15, 0.2) is 27.8 Å². The maximum atomic E-state index is 13.3. The van der Waals surface area contributed by atoms with Gasteiger partial charge >= 0.3 is 5.69 Å². The second-order valence-corrected chi connectivity index (χ2v) is 7.87. The summed E-state index contributed by atoms with van der Waals surface area (Å²) in [4.78, 5) is 30.8. The lowest BCUT2D eigenvalue weighted by Gasteiger charge is -2.10. The Hall–Kier alpha value is -3.09. The zero-order valence-corrected chi connectivity index (χ0v) is 17.9. The monoisotopic (exact) mass is 393 g/mol. The van der Waals surface area contributed by atoms with Gasteiger partial charge in [0.1, 0.15) is 0 Å². The Labute approximate surface area is 168 Å². The lowest BCUT2D eigenvalue weighted by Crippen LogP contribution is -2.39. The Morgan fingerprint density at radius 2 is 1.76 bits per heavy atom. The molecule has 4 rings (SSSR count). The van der Waals surface area contributed by atoms with Crippen molar-refractivity contribution in [2.24, 2.45) is 7.05 Å². The van der Waals surface area contributed by atoms with E-state index in [2.05, 4.69) is 36.6 Å². The molecule has 7 nitrogen and oxygen atoms in total. The molecule has 0 spiro atoms. The zero-order valence-electron chi connectivity index (χ0n) is 17.9. The molecule has 0 unspecified atom stereocenters. The van der Waals surface area contributed by atoms with Crippen LogP contribution < -0.4 is 11.2 Å². The van der Waals surface area contributed by atoms with Crippen molar-refractivity contribution in [2.75, 3.05) is 0 Å². The number of aryl methyl sites for hydroxylation is 4. The molecule has 0 saturated heterocycles. The lowest BCUT2D eigenvalue weighted by atomic mass is 10.1. The number of hydrogen-bond acceptors (Lipinski definition) is 3. The Morgan fingerprint density at radius 3 is 2.41 bits per heavy atom. The molecular formula is C22H27N5O2. The fourth-order valence-electron chi connectivity index (χ4n) is 4.11.